The second-order valence-electron chi connectivity index (χ2n) is 4.79. The second kappa shape index (κ2) is 6.02. The molecule has 1 aliphatic carbocycles. The van der Waals surface area contributed by atoms with E-state index in [1.54, 1.807) is 0 Å². The van der Waals surface area contributed by atoms with Crippen molar-refractivity contribution in [3.05, 3.63) is 35.1 Å². The van der Waals surface area contributed by atoms with Crippen LogP contribution in [0.15, 0.2) is 17.3 Å². The smallest absolute Gasteiger partial charge is 0.257 e. The number of nitrogens with two attached hydrogens (primary N) is 1. The summed E-state index contributed by atoms with van der Waals surface area (Å²) in [7, 11) is 0. The summed E-state index contributed by atoms with van der Waals surface area (Å²) in [6.07, 6.45) is 1.59. The number of hydrogen-bond donors (Lipinski definition) is 2. The lowest BCUT2D eigenvalue weighted by Crippen LogP contribution is -2.36. The fraction of sp³-hybridized carbons (Fsp3) is 0.385. The Morgan fingerprint density at radius 3 is 2.57 bits per heavy atom. The monoisotopic (exact) mass is 301 g/mol. The third kappa shape index (κ3) is 3.26. The number of nitrogens with zero attached hydrogens (tertiary/aromatic N) is 2. The number of rotatable bonds is 5. The van der Waals surface area contributed by atoms with Crippen LogP contribution in [0.2, 0.25) is 0 Å². The zero-order chi connectivity index (χ0) is 15.6. The van der Waals surface area contributed by atoms with Gasteiger partial charge in [-0.2, -0.15) is 0 Å². The average Bonchev–Trinajstić information content (AvgIpc) is 3.29. The summed E-state index contributed by atoms with van der Waals surface area (Å²) in [5, 5.41) is 11.3. The molecule has 5 nitrogen and oxygen atoms in total. The van der Waals surface area contributed by atoms with Gasteiger partial charge in [0.05, 0.1) is 5.56 Å². The molecule has 0 spiro atoms. The van der Waals surface area contributed by atoms with Crippen molar-refractivity contribution in [1.82, 2.24) is 4.90 Å². The molecule has 1 amide bonds. The lowest BCUT2D eigenvalue weighted by Gasteiger charge is -2.22. The van der Waals surface area contributed by atoms with E-state index in [1.807, 2.05) is 0 Å². The molecule has 1 aliphatic rings. The van der Waals surface area contributed by atoms with Crippen molar-refractivity contribution in [2.45, 2.75) is 25.3 Å². The van der Waals surface area contributed by atoms with Crippen LogP contribution < -0.4 is 5.73 Å². The maximum absolute atomic E-state index is 13.7. The molecule has 0 radical (unpaired) electrons. The van der Waals surface area contributed by atoms with Crippen LogP contribution in [0, 0.1) is 17.5 Å². The second-order valence-corrected chi connectivity index (χ2v) is 4.79. The Morgan fingerprint density at radius 1 is 1.33 bits per heavy atom. The van der Waals surface area contributed by atoms with Gasteiger partial charge >= 0.3 is 0 Å². The first-order valence-electron chi connectivity index (χ1n) is 6.36. The van der Waals surface area contributed by atoms with Crippen molar-refractivity contribution in [1.29, 1.82) is 0 Å². The zero-order valence-corrected chi connectivity index (χ0v) is 11.0. The van der Waals surface area contributed by atoms with Gasteiger partial charge in [0.25, 0.3) is 5.91 Å². The molecular weight excluding hydrogens is 287 g/mol. The highest BCUT2D eigenvalue weighted by molar-refractivity contribution is 5.95. The Hall–Kier alpha value is -2.25. The van der Waals surface area contributed by atoms with E-state index >= 15 is 0 Å². The van der Waals surface area contributed by atoms with Gasteiger partial charge in [0, 0.05) is 19.0 Å². The minimum absolute atomic E-state index is 0.0702. The third-order valence-electron chi connectivity index (χ3n) is 3.25. The summed E-state index contributed by atoms with van der Waals surface area (Å²) >= 11 is 0. The van der Waals surface area contributed by atoms with Crippen LogP contribution >= 0.6 is 0 Å². The molecule has 0 atom stereocenters. The first kappa shape index (κ1) is 15.1. The summed E-state index contributed by atoms with van der Waals surface area (Å²) in [4.78, 5) is 13.6. The summed E-state index contributed by atoms with van der Waals surface area (Å²) in [6.45, 7) is 0.109. The first-order chi connectivity index (χ1) is 9.95. The van der Waals surface area contributed by atoms with Crippen molar-refractivity contribution in [3.63, 3.8) is 0 Å². The highest BCUT2D eigenvalue weighted by Crippen LogP contribution is 2.29. The summed E-state index contributed by atoms with van der Waals surface area (Å²) in [6, 6.07) is 1.53. The Labute approximate surface area is 118 Å². The molecule has 2 rings (SSSR count). The third-order valence-corrected chi connectivity index (χ3v) is 3.25. The normalized spacial score (nSPS) is 15.1. The van der Waals surface area contributed by atoms with E-state index in [0.717, 1.165) is 18.9 Å². The van der Waals surface area contributed by atoms with Crippen LogP contribution in [0.3, 0.4) is 0 Å². The van der Waals surface area contributed by atoms with Crippen molar-refractivity contribution in [2.75, 3.05) is 6.54 Å². The number of hydrogen-bond acceptors (Lipinski definition) is 3. The quantitative estimate of drug-likeness (QED) is 0.286. The van der Waals surface area contributed by atoms with Crippen LogP contribution in [0.1, 0.15) is 29.6 Å². The van der Waals surface area contributed by atoms with Gasteiger partial charge in [0.2, 0.25) is 0 Å². The highest BCUT2D eigenvalue weighted by atomic mass is 19.2. The zero-order valence-electron chi connectivity index (χ0n) is 11.0. The van der Waals surface area contributed by atoms with Gasteiger partial charge in [0.15, 0.2) is 17.5 Å². The number of carbonyl (C=O) groups excluding carboxylic acids is 1. The topological polar surface area (TPSA) is 78.9 Å². The molecule has 1 aromatic carbocycles. The Bertz CT molecular complexity index is 588. The lowest BCUT2D eigenvalue weighted by atomic mass is 10.1. The minimum Gasteiger partial charge on any atom is -0.409 e. The van der Waals surface area contributed by atoms with Crippen molar-refractivity contribution in [3.8, 4) is 0 Å². The van der Waals surface area contributed by atoms with E-state index in [1.165, 1.54) is 4.90 Å². The molecule has 3 N–H and O–H groups in total. The fourth-order valence-corrected chi connectivity index (χ4v) is 1.97. The maximum Gasteiger partial charge on any atom is 0.257 e. The molecule has 1 saturated carbocycles. The number of benzene rings is 1. The Kier molecular flexibility index (Phi) is 4.35. The van der Waals surface area contributed by atoms with Crippen LogP contribution in [0.25, 0.3) is 0 Å². The number of halogens is 3. The van der Waals surface area contributed by atoms with E-state index in [9.17, 15) is 18.0 Å². The average molecular weight is 301 g/mol. The number of amidine groups is 1. The van der Waals surface area contributed by atoms with Crippen LogP contribution in [0.5, 0.6) is 0 Å². The molecule has 8 heteroatoms. The van der Waals surface area contributed by atoms with E-state index in [0.29, 0.717) is 6.07 Å². The van der Waals surface area contributed by atoms with E-state index in [2.05, 4.69) is 5.16 Å². The number of oxime groups is 1. The van der Waals surface area contributed by atoms with E-state index in [4.69, 9.17) is 10.9 Å². The predicted molar refractivity (Wildman–Crippen MR) is 68.4 cm³/mol. The van der Waals surface area contributed by atoms with E-state index < -0.39 is 28.9 Å². The van der Waals surface area contributed by atoms with Gasteiger partial charge in [-0.25, -0.2) is 13.2 Å². The molecule has 1 aromatic rings. The van der Waals surface area contributed by atoms with Gasteiger partial charge in [-0.05, 0) is 25.0 Å². The first-order valence-corrected chi connectivity index (χ1v) is 6.36. The molecule has 0 aromatic heterocycles. The van der Waals surface area contributed by atoms with E-state index in [-0.39, 0.29) is 24.8 Å². The predicted octanol–water partition coefficient (Wildman–Crippen LogP) is 1.84. The van der Waals surface area contributed by atoms with Crippen molar-refractivity contribution >= 4 is 11.7 Å². The molecular formula is C13H14F3N3O2. The molecule has 21 heavy (non-hydrogen) atoms. The molecule has 0 unspecified atom stereocenters. The fourth-order valence-electron chi connectivity index (χ4n) is 1.97. The molecule has 0 heterocycles. The molecule has 114 valence electrons. The number of amides is 1. The van der Waals surface area contributed by atoms with Crippen LogP contribution in [-0.4, -0.2) is 34.4 Å². The van der Waals surface area contributed by atoms with Crippen molar-refractivity contribution < 1.29 is 23.2 Å². The number of carbonyl (C=O) groups is 1. The minimum atomic E-state index is -1.67. The van der Waals surface area contributed by atoms with Gasteiger partial charge < -0.3 is 15.8 Å². The maximum atomic E-state index is 13.7. The summed E-state index contributed by atoms with van der Waals surface area (Å²) in [5.41, 5.74) is 4.81. The molecule has 0 aliphatic heterocycles. The molecule has 0 saturated heterocycles. The Balaban J connectivity index is 2.21. The molecule has 1 fully saturated rings. The molecule has 0 bridgehead atoms. The highest BCUT2D eigenvalue weighted by Gasteiger charge is 2.34. The van der Waals surface area contributed by atoms with Gasteiger partial charge in [0.1, 0.15) is 5.84 Å². The lowest BCUT2D eigenvalue weighted by molar-refractivity contribution is 0.0741. The van der Waals surface area contributed by atoms with Crippen LogP contribution in [0.4, 0.5) is 13.2 Å². The summed E-state index contributed by atoms with van der Waals surface area (Å²) in [5.74, 6) is -5.33. The van der Waals surface area contributed by atoms with Gasteiger partial charge in [-0.1, -0.05) is 5.16 Å². The van der Waals surface area contributed by atoms with Gasteiger partial charge in [-0.3, -0.25) is 4.79 Å². The van der Waals surface area contributed by atoms with Crippen molar-refractivity contribution in [2.24, 2.45) is 10.9 Å². The Morgan fingerprint density at radius 2 is 2.00 bits per heavy atom. The van der Waals surface area contributed by atoms with Crippen LogP contribution in [-0.2, 0) is 0 Å². The summed E-state index contributed by atoms with van der Waals surface area (Å²) < 4.78 is 39.8. The standard InChI is InChI=1S/C13H14F3N3O2/c14-9-4-3-8(11(15)12(9)16)13(20)19(7-1-2-7)6-5-10(17)18-21/h3-4,7,21H,1-2,5-6H2,(H2,17,18). The largest absolute Gasteiger partial charge is 0.409 e. The SMILES string of the molecule is NC(CCN(C(=O)c1ccc(F)c(F)c1F)C1CC1)=NO. The van der Waals surface area contributed by atoms with Gasteiger partial charge in [-0.15, -0.1) is 0 Å².